The van der Waals surface area contributed by atoms with E-state index in [4.69, 9.17) is 0 Å². The highest BCUT2D eigenvalue weighted by Crippen LogP contribution is 2.45. The van der Waals surface area contributed by atoms with Crippen LogP contribution in [0.2, 0.25) is 0 Å². The summed E-state index contributed by atoms with van der Waals surface area (Å²) in [6.45, 7) is 13.9. The van der Waals surface area contributed by atoms with Gasteiger partial charge in [-0.1, -0.05) is 76.2 Å². The van der Waals surface area contributed by atoms with Crippen LogP contribution in [0.5, 0.6) is 0 Å². The van der Waals surface area contributed by atoms with Gasteiger partial charge in [-0.15, -0.1) is 0 Å². The number of rotatable bonds is 3. The molecule has 0 aromatic heterocycles. The summed E-state index contributed by atoms with van der Waals surface area (Å²) in [6.07, 6.45) is 0. The van der Waals surface area contributed by atoms with Gasteiger partial charge in [-0.3, -0.25) is 0 Å². The molecule has 2 aromatic carbocycles. The summed E-state index contributed by atoms with van der Waals surface area (Å²) >= 11 is 0. The molecule has 0 saturated carbocycles. The van der Waals surface area contributed by atoms with E-state index in [0.29, 0.717) is 0 Å². The lowest BCUT2D eigenvalue weighted by atomic mass is 9.59. The summed E-state index contributed by atoms with van der Waals surface area (Å²) < 4.78 is 0. The third-order valence-electron chi connectivity index (χ3n) is 5.20. The summed E-state index contributed by atoms with van der Waals surface area (Å²) in [7, 11) is 0. The Morgan fingerprint density at radius 2 is 0.850 bits per heavy atom. The Morgan fingerprint density at radius 3 is 1.15 bits per heavy atom. The Hall–Kier alpha value is -1.56. The molecule has 0 bridgehead atoms. The molecule has 20 heavy (non-hydrogen) atoms. The van der Waals surface area contributed by atoms with E-state index < -0.39 is 0 Å². The first kappa shape index (κ1) is 14.8. The zero-order valence-corrected chi connectivity index (χ0v) is 13.6. The molecule has 0 aliphatic rings. The second kappa shape index (κ2) is 5.09. The highest BCUT2D eigenvalue weighted by atomic mass is 14.4. The van der Waals surface area contributed by atoms with E-state index in [-0.39, 0.29) is 10.8 Å². The molecule has 0 atom stereocenters. The Kier molecular flexibility index (Phi) is 3.77. The molecule has 0 aliphatic heterocycles. The van der Waals surface area contributed by atoms with Crippen molar-refractivity contribution >= 4 is 0 Å². The zero-order chi connectivity index (χ0) is 15.0. The fraction of sp³-hybridized carbons (Fsp3) is 0.400. The van der Waals surface area contributed by atoms with E-state index in [9.17, 15) is 0 Å². The first-order valence-corrected chi connectivity index (χ1v) is 7.40. The molecule has 2 aromatic rings. The van der Waals surface area contributed by atoms with E-state index >= 15 is 0 Å². The fourth-order valence-corrected chi connectivity index (χ4v) is 3.22. The second-order valence-corrected chi connectivity index (χ2v) is 6.88. The minimum absolute atomic E-state index is 0.0739. The van der Waals surface area contributed by atoms with Crippen molar-refractivity contribution in [2.24, 2.45) is 0 Å². The molecule has 106 valence electrons. The fourth-order valence-electron chi connectivity index (χ4n) is 3.22. The highest BCUT2D eigenvalue weighted by Gasteiger charge is 2.40. The highest BCUT2D eigenvalue weighted by molar-refractivity contribution is 5.42. The van der Waals surface area contributed by atoms with Crippen molar-refractivity contribution < 1.29 is 0 Å². The van der Waals surface area contributed by atoms with Crippen molar-refractivity contribution in [1.29, 1.82) is 0 Å². The van der Waals surface area contributed by atoms with Crippen molar-refractivity contribution in [3.63, 3.8) is 0 Å². The van der Waals surface area contributed by atoms with Gasteiger partial charge in [-0.05, 0) is 46.9 Å². The van der Waals surface area contributed by atoms with Crippen molar-refractivity contribution in [3.8, 4) is 0 Å². The molecular formula is C20H26. The maximum Gasteiger partial charge on any atom is -0.000933 e. The average molecular weight is 266 g/mol. The summed E-state index contributed by atoms with van der Waals surface area (Å²) in [5.41, 5.74) is 5.77. The molecule has 0 amide bonds. The summed E-state index contributed by atoms with van der Waals surface area (Å²) in [4.78, 5) is 0. The van der Waals surface area contributed by atoms with Gasteiger partial charge in [-0.2, -0.15) is 0 Å². The van der Waals surface area contributed by atoms with Gasteiger partial charge in [0.25, 0.3) is 0 Å². The van der Waals surface area contributed by atoms with Crippen molar-refractivity contribution in [2.45, 2.75) is 52.4 Å². The minimum Gasteiger partial charge on any atom is -0.0620 e. The molecule has 0 nitrogen and oxygen atoms in total. The van der Waals surface area contributed by atoms with Crippen LogP contribution in [0.25, 0.3) is 0 Å². The molecule has 0 saturated heterocycles. The smallest absolute Gasteiger partial charge is 0.000933 e. The van der Waals surface area contributed by atoms with Gasteiger partial charge in [0.1, 0.15) is 0 Å². The van der Waals surface area contributed by atoms with Crippen molar-refractivity contribution in [1.82, 2.24) is 0 Å². The first-order chi connectivity index (χ1) is 9.28. The van der Waals surface area contributed by atoms with Gasteiger partial charge in [-0.25, -0.2) is 0 Å². The lowest BCUT2D eigenvalue weighted by Gasteiger charge is -2.44. The van der Waals surface area contributed by atoms with Gasteiger partial charge >= 0.3 is 0 Å². The topological polar surface area (TPSA) is 0 Å². The van der Waals surface area contributed by atoms with Gasteiger partial charge in [0.05, 0.1) is 0 Å². The van der Waals surface area contributed by atoms with Gasteiger partial charge in [0.15, 0.2) is 0 Å². The van der Waals surface area contributed by atoms with Crippen LogP contribution >= 0.6 is 0 Å². The van der Waals surface area contributed by atoms with Crippen molar-refractivity contribution in [2.75, 3.05) is 0 Å². The van der Waals surface area contributed by atoms with E-state index in [1.54, 1.807) is 0 Å². The summed E-state index contributed by atoms with van der Waals surface area (Å²) in [5, 5.41) is 0. The lowest BCUT2D eigenvalue weighted by molar-refractivity contribution is 0.300. The van der Waals surface area contributed by atoms with Crippen LogP contribution in [0.3, 0.4) is 0 Å². The van der Waals surface area contributed by atoms with Crippen LogP contribution in [-0.4, -0.2) is 0 Å². The number of aryl methyl sites for hydroxylation is 2. The number of benzene rings is 2. The Bertz CT molecular complexity index is 547. The summed E-state index contributed by atoms with van der Waals surface area (Å²) in [6, 6.07) is 17.5. The molecule has 0 radical (unpaired) electrons. The molecule has 0 heterocycles. The minimum atomic E-state index is 0.0739. The standard InChI is InChI=1S/C20H26/c1-15-11-7-9-13-17(15)19(3,4)20(5,6)18-14-10-8-12-16(18)2/h7-14H,1-6H3. The van der Waals surface area contributed by atoms with E-state index in [1.165, 1.54) is 22.3 Å². The third kappa shape index (κ3) is 2.28. The summed E-state index contributed by atoms with van der Waals surface area (Å²) in [5.74, 6) is 0. The number of hydrogen-bond donors (Lipinski definition) is 0. The molecule has 0 spiro atoms. The number of hydrogen-bond acceptors (Lipinski definition) is 0. The zero-order valence-electron chi connectivity index (χ0n) is 13.6. The predicted octanol–water partition coefficient (Wildman–Crippen LogP) is 5.56. The molecule has 0 unspecified atom stereocenters. The van der Waals surface area contributed by atoms with Gasteiger partial charge < -0.3 is 0 Å². The molecule has 0 heteroatoms. The van der Waals surface area contributed by atoms with Crippen LogP contribution in [-0.2, 0) is 10.8 Å². The SMILES string of the molecule is Cc1ccccc1C(C)(C)C(C)(C)c1ccccc1C. The predicted molar refractivity (Wildman–Crippen MR) is 88.4 cm³/mol. The van der Waals surface area contributed by atoms with Crippen molar-refractivity contribution in [3.05, 3.63) is 70.8 Å². The van der Waals surface area contributed by atoms with Crippen LogP contribution in [0.15, 0.2) is 48.5 Å². The molecular weight excluding hydrogens is 240 g/mol. The quantitative estimate of drug-likeness (QED) is 0.682. The van der Waals surface area contributed by atoms with E-state index in [2.05, 4.69) is 90.1 Å². The van der Waals surface area contributed by atoms with Gasteiger partial charge in [0, 0.05) is 0 Å². The second-order valence-electron chi connectivity index (χ2n) is 6.88. The first-order valence-electron chi connectivity index (χ1n) is 7.40. The lowest BCUT2D eigenvalue weighted by Crippen LogP contribution is -2.41. The molecule has 0 aliphatic carbocycles. The van der Waals surface area contributed by atoms with Crippen LogP contribution in [0, 0.1) is 13.8 Å². The molecule has 0 N–H and O–H groups in total. The van der Waals surface area contributed by atoms with E-state index in [0.717, 1.165) is 0 Å². The monoisotopic (exact) mass is 266 g/mol. The Labute approximate surface area is 123 Å². The van der Waals surface area contributed by atoms with E-state index in [1.807, 2.05) is 0 Å². The third-order valence-corrected chi connectivity index (χ3v) is 5.20. The molecule has 2 rings (SSSR count). The van der Waals surface area contributed by atoms with Gasteiger partial charge in [0.2, 0.25) is 0 Å². The molecule has 0 fully saturated rings. The Balaban J connectivity index is 2.58. The average Bonchev–Trinajstić information content (AvgIpc) is 2.39. The largest absolute Gasteiger partial charge is 0.0620 e. The maximum absolute atomic E-state index is 2.36. The van der Waals surface area contributed by atoms with Crippen LogP contribution < -0.4 is 0 Å². The normalized spacial score (nSPS) is 12.5. The van der Waals surface area contributed by atoms with Crippen LogP contribution in [0.1, 0.15) is 49.9 Å². The Morgan fingerprint density at radius 1 is 0.550 bits per heavy atom. The van der Waals surface area contributed by atoms with Crippen LogP contribution in [0.4, 0.5) is 0 Å². The maximum atomic E-state index is 2.36.